The van der Waals surface area contributed by atoms with E-state index in [1.165, 1.54) is 0 Å². The van der Waals surface area contributed by atoms with Gasteiger partial charge in [0.15, 0.2) is 0 Å². The van der Waals surface area contributed by atoms with Crippen LogP contribution in [0.25, 0.3) is 11.5 Å². The third kappa shape index (κ3) is 4.89. The van der Waals surface area contributed by atoms with Crippen LogP contribution < -0.4 is 5.32 Å². The molecule has 0 spiro atoms. The predicted molar refractivity (Wildman–Crippen MR) is 93.6 cm³/mol. The van der Waals surface area contributed by atoms with Crippen molar-refractivity contribution >= 4 is 5.91 Å². The molecule has 6 nitrogen and oxygen atoms in total. The van der Waals surface area contributed by atoms with Gasteiger partial charge in [-0.05, 0) is 31.4 Å². The van der Waals surface area contributed by atoms with Crippen LogP contribution >= 0.6 is 0 Å². The molecule has 2 unspecified atom stereocenters. The molecular formula is C19H25N3O3. The summed E-state index contributed by atoms with van der Waals surface area (Å²) in [5.41, 5.74) is 0.895. The van der Waals surface area contributed by atoms with Crippen LogP contribution in [0.2, 0.25) is 0 Å². The van der Waals surface area contributed by atoms with E-state index in [1.54, 1.807) is 0 Å². The standard InChI is InChI=1S/C19H25N3O3/c23-13-15-9-4-5-10-16(15)20-17(24)11-6-12-18-21-22-19(25-18)14-7-2-1-3-8-14/h1-3,7-8,15-16,23H,4-6,9-13H2,(H,20,24). The number of aromatic nitrogens is 2. The minimum Gasteiger partial charge on any atom is -0.421 e. The van der Waals surface area contributed by atoms with Gasteiger partial charge in [0.25, 0.3) is 0 Å². The molecule has 0 aliphatic heterocycles. The highest BCUT2D eigenvalue weighted by molar-refractivity contribution is 5.76. The molecule has 1 fully saturated rings. The first-order chi connectivity index (χ1) is 12.3. The maximum absolute atomic E-state index is 12.1. The van der Waals surface area contributed by atoms with Gasteiger partial charge in [0.2, 0.25) is 17.7 Å². The molecule has 3 rings (SSSR count). The Bertz CT molecular complexity index is 672. The molecule has 25 heavy (non-hydrogen) atoms. The second-order valence-electron chi connectivity index (χ2n) is 6.62. The Morgan fingerprint density at radius 2 is 2.00 bits per heavy atom. The number of benzene rings is 1. The number of nitrogens with one attached hydrogen (secondary N) is 1. The molecule has 134 valence electrons. The van der Waals surface area contributed by atoms with Gasteiger partial charge in [-0.3, -0.25) is 4.79 Å². The minimum absolute atomic E-state index is 0.0353. The van der Waals surface area contributed by atoms with E-state index in [1.807, 2.05) is 30.3 Å². The zero-order valence-electron chi connectivity index (χ0n) is 14.4. The van der Waals surface area contributed by atoms with E-state index in [9.17, 15) is 9.90 Å². The largest absolute Gasteiger partial charge is 0.421 e. The molecule has 0 radical (unpaired) electrons. The number of amides is 1. The van der Waals surface area contributed by atoms with E-state index in [0.29, 0.717) is 31.0 Å². The second kappa shape index (κ2) is 8.76. The number of rotatable bonds is 7. The van der Waals surface area contributed by atoms with Crippen molar-refractivity contribution in [3.63, 3.8) is 0 Å². The van der Waals surface area contributed by atoms with E-state index in [0.717, 1.165) is 31.2 Å². The monoisotopic (exact) mass is 343 g/mol. The van der Waals surface area contributed by atoms with Crippen LogP contribution in [0.1, 0.15) is 44.4 Å². The summed E-state index contributed by atoms with van der Waals surface area (Å²) in [6.45, 7) is 0.148. The van der Waals surface area contributed by atoms with Crippen molar-refractivity contribution in [1.29, 1.82) is 0 Å². The molecule has 0 bridgehead atoms. The lowest BCUT2D eigenvalue weighted by Gasteiger charge is -2.30. The quantitative estimate of drug-likeness (QED) is 0.807. The van der Waals surface area contributed by atoms with Crippen LogP contribution in [0.5, 0.6) is 0 Å². The lowest BCUT2D eigenvalue weighted by Crippen LogP contribution is -2.43. The Hall–Kier alpha value is -2.21. The van der Waals surface area contributed by atoms with Gasteiger partial charge in [-0.25, -0.2) is 0 Å². The third-order valence-corrected chi connectivity index (χ3v) is 4.77. The number of hydrogen-bond donors (Lipinski definition) is 2. The molecular weight excluding hydrogens is 318 g/mol. The maximum atomic E-state index is 12.1. The number of carbonyl (C=O) groups is 1. The van der Waals surface area contributed by atoms with E-state index < -0.39 is 0 Å². The maximum Gasteiger partial charge on any atom is 0.247 e. The zero-order chi connectivity index (χ0) is 17.5. The summed E-state index contributed by atoms with van der Waals surface area (Å²) in [7, 11) is 0. The first-order valence-electron chi connectivity index (χ1n) is 9.04. The lowest BCUT2D eigenvalue weighted by molar-refractivity contribution is -0.122. The van der Waals surface area contributed by atoms with Crippen LogP contribution in [0.4, 0.5) is 0 Å². The highest BCUT2D eigenvalue weighted by Crippen LogP contribution is 2.24. The molecule has 6 heteroatoms. The lowest BCUT2D eigenvalue weighted by atomic mass is 9.85. The average molecular weight is 343 g/mol. The van der Waals surface area contributed by atoms with Crippen molar-refractivity contribution in [2.24, 2.45) is 5.92 Å². The predicted octanol–water partition coefficient (Wildman–Crippen LogP) is 2.73. The summed E-state index contributed by atoms with van der Waals surface area (Å²) in [5.74, 6) is 1.29. The fraction of sp³-hybridized carbons (Fsp3) is 0.526. The van der Waals surface area contributed by atoms with E-state index >= 15 is 0 Å². The molecule has 1 aromatic carbocycles. The molecule has 1 aromatic heterocycles. The second-order valence-corrected chi connectivity index (χ2v) is 6.62. The van der Waals surface area contributed by atoms with Crippen molar-refractivity contribution in [2.45, 2.75) is 51.0 Å². The molecule has 2 N–H and O–H groups in total. The van der Waals surface area contributed by atoms with Crippen molar-refractivity contribution in [2.75, 3.05) is 6.61 Å². The SMILES string of the molecule is O=C(CCCc1nnc(-c2ccccc2)o1)NC1CCCCC1CO. The summed E-state index contributed by atoms with van der Waals surface area (Å²) in [5, 5.41) is 20.6. The third-order valence-electron chi connectivity index (χ3n) is 4.77. The van der Waals surface area contributed by atoms with Crippen LogP contribution in [-0.2, 0) is 11.2 Å². The number of aliphatic hydroxyl groups is 1. The molecule has 1 amide bonds. The van der Waals surface area contributed by atoms with Crippen LogP contribution in [-0.4, -0.2) is 33.9 Å². The van der Waals surface area contributed by atoms with Crippen molar-refractivity contribution in [3.8, 4) is 11.5 Å². The summed E-state index contributed by atoms with van der Waals surface area (Å²) in [4.78, 5) is 12.1. The molecule has 1 aliphatic carbocycles. The Morgan fingerprint density at radius 1 is 1.20 bits per heavy atom. The molecule has 1 aliphatic rings. The van der Waals surface area contributed by atoms with Gasteiger partial charge in [-0.2, -0.15) is 0 Å². The van der Waals surface area contributed by atoms with E-state index in [2.05, 4.69) is 15.5 Å². The Labute approximate surface area is 147 Å². The average Bonchev–Trinajstić information content (AvgIpc) is 3.12. The van der Waals surface area contributed by atoms with Gasteiger partial charge in [0, 0.05) is 37.0 Å². The fourth-order valence-corrected chi connectivity index (χ4v) is 3.35. The Morgan fingerprint density at radius 3 is 2.80 bits per heavy atom. The van der Waals surface area contributed by atoms with Gasteiger partial charge < -0.3 is 14.8 Å². The summed E-state index contributed by atoms with van der Waals surface area (Å²) in [6, 6.07) is 9.74. The Kier molecular flexibility index (Phi) is 6.17. The summed E-state index contributed by atoms with van der Waals surface area (Å²) < 4.78 is 5.65. The molecule has 1 saturated carbocycles. The number of carbonyl (C=O) groups excluding carboxylic acids is 1. The molecule has 1 heterocycles. The van der Waals surface area contributed by atoms with Crippen molar-refractivity contribution < 1.29 is 14.3 Å². The normalized spacial score (nSPS) is 20.4. The smallest absolute Gasteiger partial charge is 0.247 e. The fourth-order valence-electron chi connectivity index (χ4n) is 3.35. The minimum atomic E-state index is 0.0353. The van der Waals surface area contributed by atoms with Gasteiger partial charge in [-0.1, -0.05) is 31.0 Å². The number of aliphatic hydroxyl groups excluding tert-OH is 1. The van der Waals surface area contributed by atoms with Gasteiger partial charge in [-0.15, -0.1) is 10.2 Å². The van der Waals surface area contributed by atoms with Crippen LogP contribution in [0, 0.1) is 5.92 Å². The molecule has 2 aromatic rings. The first kappa shape index (κ1) is 17.6. The highest BCUT2D eigenvalue weighted by Gasteiger charge is 2.25. The van der Waals surface area contributed by atoms with Gasteiger partial charge in [0.1, 0.15) is 0 Å². The summed E-state index contributed by atoms with van der Waals surface area (Å²) in [6.07, 6.45) is 5.88. The highest BCUT2D eigenvalue weighted by atomic mass is 16.4. The van der Waals surface area contributed by atoms with Crippen molar-refractivity contribution in [3.05, 3.63) is 36.2 Å². The molecule has 2 atom stereocenters. The van der Waals surface area contributed by atoms with E-state index in [-0.39, 0.29) is 24.5 Å². The van der Waals surface area contributed by atoms with Crippen LogP contribution in [0.3, 0.4) is 0 Å². The molecule has 0 saturated heterocycles. The Balaban J connectivity index is 1.43. The van der Waals surface area contributed by atoms with Crippen molar-refractivity contribution in [1.82, 2.24) is 15.5 Å². The van der Waals surface area contributed by atoms with Crippen LogP contribution in [0.15, 0.2) is 34.7 Å². The zero-order valence-corrected chi connectivity index (χ0v) is 14.4. The topological polar surface area (TPSA) is 88.2 Å². The number of hydrogen-bond acceptors (Lipinski definition) is 5. The number of aryl methyl sites for hydroxylation is 1. The van der Waals surface area contributed by atoms with Gasteiger partial charge >= 0.3 is 0 Å². The summed E-state index contributed by atoms with van der Waals surface area (Å²) >= 11 is 0. The number of nitrogens with zero attached hydrogens (tertiary/aromatic N) is 2. The van der Waals surface area contributed by atoms with E-state index in [4.69, 9.17) is 4.42 Å². The van der Waals surface area contributed by atoms with Gasteiger partial charge in [0.05, 0.1) is 0 Å². The first-order valence-corrected chi connectivity index (χ1v) is 9.04.